The van der Waals surface area contributed by atoms with E-state index >= 15 is 0 Å². The Bertz CT molecular complexity index is 587. The van der Waals surface area contributed by atoms with E-state index in [0.29, 0.717) is 12.1 Å². The Labute approximate surface area is 190 Å². The number of carbonyl (C=O) groups is 2. The summed E-state index contributed by atoms with van der Waals surface area (Å²) in [5, 5.41) is 9.37. The molecule has 0 aliphatic heterocycles. The van der Waals surface area contributed by atoms with Gasteiger partial charge in [0.05, 0.1) is 0 Å². The van der Waals surface area contributed by atoms with Crippen molar-refractivity contribution in [2.75, 3.05) is 4.90 Å². The van der Waals surface area contributed by atoms with E-state index in [9.17, 15) is 14.7 Å². The van der Waals surface area contributed by atoms with Crippen LogP contribution < -0.4 is 4.90 Å². The molecule has 31 heavy (non-hydrogen) atoms. The number of carboxylic acids is 1. The molecule has 0 saturated heterocycles. The van der Waals surface area contributed by atoms with Gasteiger partial charge in [-0.15, -0.1) is 0 Å². The standard InChI is InChI=1S/C27H45NO3/c1-3-4-5-6-7-8-9-10-11-12-13-14-15-16-20-23-26(29)28(24(2)27(30)31)25-21-18-17-19-22-25/h17-19,21-22,24H,3-16,20,23H2,1-2H3,(H,30,31). The van der Waals surface area contributed by atoms with Crippen LogP contribution in [0.3, 0.4) is 0 Å². The zero-order valence-corrected chi connectivity index (χ0v) is 20.0. The highest BCUT2D eigenvalue weighted by Crippen LogP contribution is 2.20. The Morgan fingerprint density at radius 2 is 1.16 bits per heavy atom. The van der Waals surface area contributed by atoms with Crippen LogP contribution in [0.2, 0.25) is 0 Å². The molecule has 1 unspecified atom stereocenters. The lowest BCUT2D eigenvalue weighted by Gasteiger charge is -2.26. The van der Waals surface area contributed by atoms with E-state index in [2.05, 4.69) is 6.92 Å². The summed E-state index contributed by atoms with van der Waals surface area (Å²) in [4.78, 5) is 25.5. The van der Waals surface area contributed by atoms with E-state index in [1.54, 1.807) is 19.1 Å². The van der Waals surface area contributed by atoms with E-state index < -0.39 is 12.0 Å². The first-order valence-corrected chi connectivity index (χ1v) is 12.7. The summed E-state index contributed by atoms with van der Waals surface area (Å²) in [5.74, 6) is -1.08. The van der Waals surface area contributed by atoms with Crippen LogP contribution in [0.25, 0.3) is 0 Å². The summed E-state index contributed by atoms with van der Waals surface area (Å²) < 4.78 is 0. The summed E-state index contributed by atoms with van der Waals surface area (Å²) in [6.45, 7) is 3.83. The summed E-state index contributed by atoms with van der Waals surface area (Å²) in [6.07, 6.45) is 19.7. The molecule has 0 aromatic heterocycles. The zero-order valence-electron chi connectivity index (χ0n) is 20.0. The third-order valence-corrected chi connectivity index (χ3v) is 6.04. The van der Waals surface area contributed by atoms with Gasteiger partial charge in [-0.05, 0) is 25.5 Å². The molecule has 1 aromatic rings. The molecule has 0 aliphatic carbocycles. The fraction of sp³-hybridized carbons (Fsp3) is 0.704. The van der Waals surface area contributed by atoms with Crippen molar-refractivity contribution >= 4 is 17.6 Å². The number of benzene rings is 1. The second-order valence-electron chi connectivity index (χ2n) is 8.81. The topological polar surface area (TPSA) is 57.6 Å². The minimum Gasteiger partial charge on any atom is -0.480 e. The Hall–Kier alpha value is -1.84. The van der Waals surface area contributed by atoms with Crippen LogP contribution in [0.4, 0.5) is 5.69 Å². The molecule has 176 valence electrons. The van der Waals surface area contributed by atoms with Crippen LogP contribution in [-0.2, 0) is 9.59 Å². The van der Waals surface area contributed by atoms with Gasteiger partial charge >= 0.3 is 5.97 Å². The summed E-state index contributed by atoms with van der Waals surface area (Å²) >= 11 is 0. The van der Waals surface area contributed by atoms with E-state index in [1.165, 1.54) is 81.9 Å². The fourth-order valence-electron chi connectivity index (χ4n) is 4.05. The van der Waals surface area contributed by atoms with Crippen molar-refractivity contribution in [2.24, 2.45) is 0 Å². The number of amides is 1. The van der Waals surface area contributed by atoms with Crippen molar-refractivity contribution in [1.29, 1.82) is 0 Å². The zero-order chi connectivity index (χ0) is 22.7. The van der Waals surface area contributed by atoms with Crippen molar-refractivity contribution in [3.63, 3.8) is 0 Å². The van der Waals surface area contributed by atoms with E-state index in [1.807, 2.05) is 18.2 Å². The number of carboxylic acid groups (broad SMARTS) is 1. The molecule has 1 rings (SSSR count). The maximum absolute atomic E-state index is 12.7. The van der Waals surface area contributed by atoms with E-state index in [4.69, 9.17) is 0 Å². The lowest BCUT2D eigenvalue weighted by molar-refractivity contribution is -0.139. The highest BCUT2D eigenvalue weighted by molar-refractivity contribution is 5.98. The highest BCUT2D eigenvalue weighted by atomic mass is 16.4. The Morgan fingerprint density at radius 3 is 1.58 bits per heavy atom. The van der Waals surface area contributed by atoms with E-state index in [0.717, 1.165) is 19.3 Å². The van der Waals surface area contributed by atoms with Crippen LogP contribution in [0.1, 0.15) is 117 Å². The number of para-hydroxylation sites is 1. The monoisotopic (exact) mass is 431 g/mol. The first-order chi connectivity index (χ1) is 15.1. The molecule has 0 fully saturated rings. The van der Waals surface area contributed by atoms with Gasteiger partial charge in [-0.3, -0.25) is 9.69 Å². The average molecular weight is 432 g/mol. The maximum Gasteiger partial charge on any atom is 0.326 e. The third kappa shape index (κ3) is 12.6. The first-order valence-electron chi connectivity index (χ1n) is 12.7. The number of aliphatic carboxylic acids is 1. The predicted molar refractivity (Wildman–Crippen MR) is 131 cm³/mol. The number of carbonyl (C=O) groups excluding carboxylic acids is 1. The van der Waals surface area contributed by atoms with Crippen LogP contribution >= 0.6 is 0 Å². The van der Waals surface area contributed by atoms with Gasteiger partial charge in [-0.2, -0.15) is 0 Å². The molecule has 1 N–H and O–H groups in total. The van der Waals surface area contributed by atoms with Gasteiger partial charge in [-0.1, -0.05) is 115 Å². The number of rotatable bonds is 19. The molecule has 1 aromatic carbocycles. The van der Waals surface area contributed by atoms with E-state index in [-0.39, 0.29) is 5.91 Å². The lowest BCUT2D eigenvalue weighted by atomic mass is 10.0. The molecule has 1 atom stereocenters. The van der Waals surface area contributed by atoms with Crippen molar-refractivity contribution in [3.05, 3.63) is 30.3 Å². The molecule has 4 heteroatoms. The smallest absolute Gasteiger partial charge is 0.326 e. The van der Waals surface area contributed by atoms with Gasteiger partial charge in [0.2, 0.25) is 5.91 Å². The molecule has 0 saturated carbocycles. The number of unbranched alkanes of at least 4 members (excludes halogenated alkanes) is 14. The average Bonchev–Trinajstić information content (AvgIpc) is 2.77. The number of hydrogen-bond acceptors (Lipinski definition) is 2. The quantitative estimate of drug-likeness (QED) is 0.228. The molecular formula is C27H45NO3. The number of nitrogens with zero attached hydrogens (tertiary/aromatic N) is 1. The minimum atomic E-state index is -0.978. The minimum absolute atomic E-state index is 0.101. The Kier molecular flexibility index (Phi) is 15.6. The molecule has 0 heterocycles. The van der Waals surface area contributed by atoms with Crippen molar-refractivity contribution in [1.82, 2.24) is 0 Å². The summed E-state index contributed by atoms with van der Waals surface area (Å²) in [6, 6.07) is 8.27. The maximum atomic E-state index is 12.7. The van der Waals surface area contributed by atoms with Crippen molar-refractivity contribution in [3.8, 4) is 0 Å². The molecule has 0 spiro atoms. The van der Waals surface area contributed by atoms with Crippen LogP contribution in [-0.4, -0.2) is 23.0 Å². The molecule has 1 amide bonds. The van der Waals surface area contributed by atoms with Gasteiger partial charge in [0.15, 0.2) is 0 Å². The summed E-state index contributed by atoms with van der Waals surface area (Å²) in [7, 11) is 0. The van der Waals surface area contributed by atoms with Gasteiger partial charge in [0.1, 0.15) is 6.04 Å². The van der Waals surface area contributed by atoms with Gasteiger partial charge in [-0.25, -0.2) is 4.79 Å². The second-order valence-corrected chi connectivity index (χ2v) is 8.81. The van der Waals surface area contributed by atoms with Crippen LogP contribution in [0.15, 0.2) is 30.3 Å². The van der Waals surface area contributed by atoms with Crippen molar-refractivity contribution in [2.45, 2.75) is 123 Å². The molecule has 0 radical (unpaired) electrons. The second kappa shape index (κ2) is 17.8. The Balaban J connectivity index is 2.08. The van der Waals surface area contributed by atoms with Crippen molar-refractivity contribution < 1.29 is 14.7 Å². The van der Waals surface area contributed by atoms with Gasteiger partial charge < -0.3 is 5.11 Å². The van der Waals surface area contributed by atoms with Crippen LogP contribution in [0, 0.1) is 0 Å². The first kappa shape index (κ1) is 27.2. The predicted octanol–water partition coefficient (Wildman–Crippen LogP) is 7.75. The Morgan fingerprint density at radius 1 is 0.742 bits per heavy atom. The lowest BCUT2D eigenvalue weighted by Crippen LogP contribution is -2.43. The molecule has 0 bridgehead atoms. The largest absolute Gasteiger partial charge is 0.480 e. The van der Waals surface area contributed by atoms with Gasteiger partial charge in [0, 0.05) is 12.1 Å². The molecular weight excluding hydrogens is 386 g/mol. The van der Waals surface area contributed by atoms with Gasteiger partial charge in [0.25, 0.3) is 0 Å². The molecule has 4 nitrogen and oxygen atoms in total. The number of anilines is 1. The normalized spacial score (nSPS) is 11.9. The SMILES string of the molecule is CCCCCCCCCCCCCCCCCC(=O)N(c1ccccc1)C(C)C(=O)O. The fourth-order valence-corrected chi connectivity index (χ4v) is 4.05. The molecule has 0 aliphatic rings. The van der Waals surface area contributed by atoms with Crippen LogP contribution in [0.5, 0.6) is 0 Å². The third-order valence-electron chi connectivity index (χ3n) is 6.04. The number of hydrogen-bond donors (Lipinski definition) is 1. The summed E-state index contributed by atoms with van der Waals surface area (Å²) in [5.41, 5.74) is 0.656. The highest BCUT2D eigenvalue weighted by Gasteiger charge is 2.26.